The summed E-state index contributed by atoms with van der Waals surface area (Å²) in [6, 6.07) is 7.64. The molecule has 1 fully saturated rings. The minimum absolute atomic E-state index is 0.0635. The molecule has 3 N–H and O–H groups in total. The van der Waals surface area contributed by atoms with E-state index in [0.29, 0.717) is 18.4 Å². The minimum atomic E-state index is -0.0877. The summed E-state index contributed by atoms with van der Waals surface area (Å²) in [5.41, 5.74) is 7.49. The Morgan fingerprint density at radius 1 is 1.43 bits per heavy atom. The lowest BCUT2D eigenvalue weighted by Crippen LogP contribution is -2.40. The lowest BCUT2D eigenvalue weighted by atomic mass is 9.95. The molecule has 4 heteroatoms. The average molecular weight is 289 g/mol. The van der Waals surface area contributed by atoms with Crippen LogP contribution in [-0.4, -0.2) is 29.9 Å². The van der Waals surface area contributed by atoms with E-state index in [-0.39, 0.29) is 11.9 Å². The fourth-order valence-corrected chi connectivity index (χ4v) is 2.90. The summed E-state index contributed by atoms with van der Waals surface area (Å²) < 4.78 is 0. The highest BCUT2D eigenvalue weighted by Crippen LogP contribution is 2.25. The van der Waals surface area contributed by atoms with E-state index in [1.165, 1.54) is 6.42 Å². The molecule has 1 heterocycles. The molecule has 1 aromatic carbocycles. The van der Waals surface area contributed by atoms with Crippen LogP contribution in [0.3, 0.4) is 0 Å². The normalized spacial score (nSPS) is 20.7. The van der Waals surface area contributed by atoms with Gasteiger partial charge in [0.05, 0.1) is 6.04 Å². The number of carbonyl (C=O) groups excluding carboxylic acids is 1. The summed E-state index contributed by atoms with van der Waals surface area (Å²) in [7, 11) is 0. The van der Waals surface area contributed by atoms with Gasteiger partial charge in [-0.2, -0.15) is 0 Å². The van der Waals surface area contributed by atoms with Crippen molar-refractivity contribution in [3.8, 4) is 0 Å². The Kier molecular flexibility index (Phi) is 5.37. The molecular formula is C17H27N3O. The van der Waals surface area contributed by atoms with Crippen molar-refractivity contribution in [1.82, 2.24) is 4.90 Å². The van der Waals surface area contributed by atoms with Crippen molar-refractivity contribution >= 4 is 11.6 Å². The fraction of sp³-hybridized carbons (Fsp3) is 0.588. The lowest BCUT2D eigenvalue weighted by molar-refractivity contribution is -0.120. The van der Waals surface area contributed by atoms with Gasteiger partial charge in [-0.3, -0.25) is 9.69 Å². The lowest BCUT2D eigenvalue weighted by Gasteiger charge is -2.24. The molecule has 1 aromatic rings. The second kappa shape index (κ2) is 7.05. The third-order valence-electron chi connectivity index (χ3n) is 4.56. The zero-order valence-corrected chi connectivity index (χ0v) is 13.3. The van der Waals surface area contributed by atoms with E-state index < -0.39 is 0 Å². The molecule has 2 rings (SSSR count). The largest absolute Gasteiger partial charge is 0.326 e. The van der Waals surface area contributed by atoms with Crippen LogP contribution in [0.4, 0.5) is 5.69 Å². The predicted molar refractivity (Wildman–Crippen MR) is 86.9 cm³/mol. The summed E-state index contributed by atoms with van der Waals surface area (Å²) >= 11 is 0. The van der Waals surface area contributed by atoms with Crippen molar-refractivity contribution in [3.05, 3.63) is 29.8 Å². The van der Waals surface area contributed by atoms with Crippen molar-refractivity contribution in [2.45, 2.75) is 39.8 Å². The summed E-state index contributed by atoms with van der Waals surface area (Å²) in [6.45, 7) is 9.04. The van der Waals surface area contributed by atoms with Crippen molar-refractivity contribution in [1.29, 1.82) is 0 Å². The first kappa shape index (κ1) is 16.0. The van der Waals surface area contributed by atoms with E-state index in [2.05, 4.69) is 24.1 Å². The van der Waals surface area contributed by atoms with Gasteiger partial charge in [0.25, 0.3) is 0 Å². The second-order valence-electron chi connectivity index (χ2n) is 6.36. The van der Waals surface area contributed by atoms with Crippen molar-refractivity contribution in [2.75, 3.05) is 18.4 Å². The monoisotopic (exact) mass is 289 g/mol. The number of rotatable bonds is 5. The van der Waals surface area contributed by atoms with Gasteiger partial charge in [0.15, 0.2) is 0 Å². The van der Waals surface area contributed by atoms with Crippen LogP contribution in [0.25, 0.3) is 0 Å². The van der Waals surface area contributed by atoms with Crippen molar-refractivity contribution in [2.24, 2.45) is 17.6 Å². The van der Waals surface area contributed by atoms with Gasteiger partial charge in [0, 0.05) is 18.8 Å². The molecule has 0 saturated carbocycles. The molecule has 0 bridgehead atoms. The highest BCUT2D eigenvalue weighted by atomic mass is 16.2. The van der Waals surface area contributed by atoms with Gasteiger partial charge in [-0.1, -0.05) is 26.0 Å². The van der Waals surface area contributed by atoms with Gasteiger partial charge >= 0.3 is 0 Å². The van der Waals surface area contributed by atoms with E-state index in [0.717, 1.165) is 24.3 Å². The molecule has 4 nitrogen and oxygen atoms in total. The third-order valence-corrected chi connectivity index (χ3v) is 4.56. The maximum atomic E-state index is 12.4. The van der Waals surface area contributed by atoms with Crippen LogP contribution in [0, 0.1) is 11.8 Å². The smallest absolute Gasteiger partial charge is 0.241 e. The number of nitrogens with two attached hydrogens (primary N) is 1. The molecule has 1 aliphatic heterocycles. The Morgan fingerprint density at radius 2 is 2.19 bits per heavy atom. The summed E-state index contributed by atoms with van der Waals surface area (Å²) in [6.07, 6.45) is 1.19. The van der Waals surface area contributed by atoms with E-state index >= 15 is 0 Å². The minimum Gasteiger partial charge on any atom is -0.326 e. The van der Waals surface area contributed by atoms with Crippen LogP contribution in [0.5, 0.6) is 0 Å². The Morgan fingerprint density at radius 3 is 2.81 bits per heavy atom. The number of carbonyl (C=O) groups is 1. The zero-order valence-electron chi connectivity index (χ0n) is 13.3. The number of benzene rings is 1. The van der Waals surface area contributed by atoms with Gasteiger partial charge in [0.1, 0.15) is 0 Å². The molecule has 0 radical (unpaired) electrons. The van der Waals surface area contributed by atoms with Gasteiger partial charge in [-0.25, -0.2) is 0 Å². The maximum Gasteiger partial charge on any atom is 0.241 e. The first-order chi connectivity index (χ1) is 10.0. The van der Waals surface area contributed by atoms with Crippen LogP contribution in [0.2, 0.25) is 0 Å². The predicted octanol–water partition coefficient (Wildman–Crippen LogP) is 2.45. The van der Waals surface area contributed by atoms with E-state index in [9.17, 15) is 4.79 Å². The van der Waals surface area contributed by atoms with Gasteiger partial charge < -0.3 is 11.1 Å². The fourth-order valence-electron chi connectivity index (χ4n) is 2.90. The topological polar surface area (TPSA) is 58.4 Å². The van der Waals surface area contributed by atoms with Gasteiger partial charge in [-0.05, 0) is 49.4 Å². The van der Waals surface area contributed by atoms with Crippen LogP contribution in [-0.2, 0) is 11.3 Å². The standard InChI is InChI=1S/C17H27N3O/c1-12(2)15-7-8-20(11-15)13(3)17(21)19-16-6-4-5-14(9-16)10-18/h4-6,9,12-13,15H,7-8,10-11,18H2,1-3H3,(H,19,21). The molecular weight excluding hydrogens is 262 g/mol. The highest BCUT2D eigenvalue weighted by molar-refractivity contribution is 5.94. The van der Waals surface area contributed by atoms with E-state index in [1.807, 2.05) is 31.2 Å². The molecule has 1 saturated heterocycles. The molecule has 1 aliphatic rings. The van der Waals surface area contributed by atoms with E-state index in [1.54, 1.807) is 0 Å². The number of anilines is 1. The number of amides is 1. The molecule has 1 amide bonds. The molecule has 0 aliphatic carbocycles. The first-order valence-corrected chi connectivity index (χ1v) is 7.85. The molecule has 0 aromatic heterocycles. The number of nitrogens with one attached hydrogen (secondary N) is 1. The molecule has 2 atom stereocenters. The number of likely N-dealkylation sites (tertiary alicyclic amines) is 1. The number of nitrogens with zero attached hydrogens (tertiary/aromatic N) is 1. The summed E-state index contributed by atoms with van der Waals surface area (Å²) in [5.74, 6) is 1.46. The Labute approximate surface area is 127 Å². The Hall–Kier alpha value is -1.39. The SMILES string of the molecule is CC(C)C1CCN(C(C)C(=O)Nc2cccc(CN)c2)C1. The quantitative estimate of drug-likeness (QED) is 0.875. The molecule has 2 unspecified atom stereocenters. The second-order valence-corrected chi connectivity index (χ2v) is 6.36. The molecule has 21 heavy (non-hydrogen) atoms. The Balaban J connectivity index is 1.93. The van der Waals surface area contributed by atoms with Crippen LogP contribution >= 0.6 is 0 Å². The van der Waals surface area contributed by atoms with E-state index in [4.69, 9.17) is 5.73 Å². The zero-order chi connectivity index (χ0) is 15.4. The van der Waals surface area contributed by atoms with Crippen LogP contribution < -0.4 is 11.1 Å². The highest BCUT2D eigenvalue weighted by Gasteiger charge is 2.30. The molecule has 116 valence electrons. The number of hydrogen-bond donors (Lipinski definition) is 2. The van der Waals surface area contributed by atoms with Crippen molar-refractivity contribution < 1.29 is 4.79 Å². The van der Waals surface area contributed by atoms with Gasteiger partial charge in [-0.15, -0.1) is 0 Å². The average Bonchev–Trinajstić information content (AvgIpc) is 2.96. The molecule has 0 spiro atoms. The maximum absolute atomic E-state index is 12.4. The van der Waals surface area contributed by atoms with Gasteiger partial charge in [0.2, 0.25) is 5.91 Å². The summed E-state index contributed by atoms with van der Waals surface area (Å²) in [5, 5.41) is 3.00. The first-order valence-electron chi connectivity index (χ1n) is 7.85. The van der Waals surface area contributed by atoms with Crippen LogP contribution in [0.15, 0.2) is 24.3 Å². The Bertz CT molecular complexity index is 487. The van der Waals surface area contributed by atoms with Crippen LogP contribution in [0.1, 0.15) is 32.8 Å². The summed E-state index contributed by atoms with van der Waals surface area (Å²) in [4.78, 5) is 14.7. The number of hydrogen-bond acceptors (Lipinski definition) is 3. The third kappa shape index (κ3) is 4.05. The van der Waals surface area contributed by atoms with Crippen molar-refractivity contribution in [3.63, 3.8) is 0 Å².